The smallest absolute Gasteiger partial charge is 0.225 e. The van der Waals surface area contributed by atoms with E-state index in [1.54, 1.807) is 18.1 Å². The van der Waals surface area contributed by atoms with Crippen LogP contribution < -0.4 is 5.32 Å². The quantitative estimate of drug-likeness (QED) is 0.833. The molecule has 1 aromatic heterocycles. The van der Waals surface area contributed by atoms with Crippen LogP contribution in [0, 0.1) is 5.92 Å². The first kappa shape index (κ1) is 15.5. The number of aromatic nitrogens is 1. The number of hydrogen-bond donors (Lipinski definition) is 1. The van der Waals surface area contributed by atoms with Crippen LogP contribution in [0.3, 0.4) is 0 Å². The molecule has 114 valence electrons. The second kappa shape index (κ2) is 6.24. The molecule has 0 unspecified atom stereocenters. The van der Waals surface area contributed by atoms with E-state index in [1.807, 2.05) is 32.2 Å². The third kappa shape index (κ3) is 3.40. The van der Waals surface area contributed by atoms with Gasteiger partial charge in [0.2, 0.25) is 11.8 Å². The minimum Gasteiger partial charge on any atom is -0.356 e. The third-order valence-corrected chi connectivity index (χ3v) is 4.45. The molecule has 0 aliphatic carbocycles. The second-order valence-corrected chi connectivity index (χ2v) is 6.12. The lowest BCUT2D eigenvalue weighted by atomic mass is 9.88. The van der Waals surface area contributed by atoms with Crippen LogP contribution in [0.5, 0.6) is 0 Å². The number of amides is 2. The zero-order valence-corrected chi connectivity index (χ0v) is 12.9. The highest BCUT2D eigenvalue weighted by atomic mass is 16.2. The van der Waals surface area contributed by atoms with Gasteiger partial charge in [0.15, 0.2) is 0 Å². The normalized spacial score (nSPS) is 20.6. The molecule has 2 rings (SSSR count). The highest BCUT2D eigenvalue weighted by Crippen LogP contribution is 2.34. The van der Waals surface area contributed by atoms with Crippen molar-refractivity contribution >= 4 is 11.8 Å². The molecule has 1 aliphatic heterocycles. The molecule has 1 N–H and O–H groups in total. The number of nitrogens with zero attached hydrogens (tertiary/aromatic N) is 2. The molecule has 1 fully saturated rings. The molecule has 0 spiro atoms. The summed E-state index contributed by atoms with van der Waals surface area (Å²) in [4.78, 5) is 29.8. The summed E-state index contributed by atoms with van der Waals surface area (Å²) in [5.41, 5.74) is 0.757. The van der Waals surface area contributed by atoms with Crippen molar-refractivity contribution in [1.82, 2.24) is 15.2 Å². The predicted molar refractivity (Wildman–Crippen MR) is 80.5 cm³/mol. The molecule has 0 radical (unpaired) electrons. The Bertz CT molecular complexity index is 514. The summed E-state index contributed by atoms with van der Waals surface area (Å²) >= 11 is 0. The zero-order valence-electron chi connectivity index (χ0n) is 12.9. The van der Waals surface area contributed by atoms with E-state index >= 15 is 0 Å². The summed E-state index contributed by atoms with van der Waals surface area (Å²) in [7, 11) is 1.76. The van der Waals surface area contributed by atoms with Gasteiger partial charge in [0, 0.05) is 37.9 Å². The Morgan fingerprint density at radius 2 is 2.29 bits per heavy atom. The van der Waals surface area contributed by atoms with E-state index < -0.39 is 5.54 Å². The molecular weight excluding hydrogens is 266 g/mol. The first-order chi connectivity index (χ1) is 9.93. The van der Waals surface area contributed by atoms with Gasteiger partial charge in [-0.05, 0) is 38.3 Å². The van der Waals surface area contributed by atoms with Gasteiger partial charge in [-0.25, -0.2) is 0 Å². The molecule has 1 aliphatic rings. The topological polar surface area (TPSA) is 62.3 Å². The van der Waals surface area contributed by atoms with Gasteiger partial charge in [0.1, 0.15) is 0 Å². The van der Waals surface area contributed by atoms with Crippen LogP contribution in [0.25, 0.3) is 0 Å². The standard InChI is InChI=1S/C16H23N3O2/c1-16(2)13(10-14(20)19(16)3)15(21)18-9-5-7-12-6-4-8-17-11-12/h4,6,8,11,13H,5,7,9-10H2,1-3H3,(H,18,21)/t13-/m0/s1. The lowest BCUT2D eigenvalue weighted by Crippen LogP contribution is -2.47. The van der Waals surface area contributed by atoms with Crippen LogP contribution in [0.4, 0.5) is 0 Å². The summed E-state index contributed by atoms with van der Waals surface area (Å²) in [6.45, 7) is 4.51. The van der Waals surface area contributed by atoms with Crippen molar-refractivity contribution in [1.29, 1.82) is 0 Å². The first-order valence-corrected chi connectivity index (χ1v) is 7.36. The summed E-state index contributed by atoms with van der Waals surface area (Å²) in [5, 5.41) is 2.95. The van der Waals surface area contributed by atoms with Gasteiger partial charge in [-0.3, -0.25) is 14.6 Å². The molecule has 2 amide bonds. The minimum atomic E-state index is -0.412. The Balaban J connectivity index is 1.79. The Hall–Kier alpha value is -1.91. The van der Waals surface area contributed by atoms with Crippen molar-refractivity contribution < 1.29 is 9.59 Å². The zero-order chi connectivity index (χ0) is 15.5. The van der Waals surface area contributed by atoms with Crippen LogP contribution in [0.2, 0.25) is 0 Å². The molecule has 1 aromatic rings. The maximum Gasteiger partial charge on any atom is 0.225 e. The van der Waals surface area contributed by atoms with Crippen molar-refractivity contribution in [3.63, 3.8) is 0 Å². The molecule has 5 nitrogen and oxygen atoms in total. The second-order valence-electron chi connectivity index (χ2n) is 6.12. The van der Waals surface area contributed by atoms with Crippen molar-refractivity contribution in [2.24, 2.45) is 5.92 Å². The van der Waals surface area contributed by atoms with Crippen LogP contribution in [0.15, 0.2) is 24.5 Å². The summed E-state index contributed by atoms with van der Waals surface area (Å²) in [6.07, 6.45) is 5.66. The number of rotatable bonds is 5. The number of aryl methyl sites for hydroxylation is 1. The van der Waals surface area contributed by atoms with Gasteiger partial charge < -0.3 is 10.2 Å². The van der Waals surface area contributed by atoms with Gasteiger partial charge in [-0.1, -0.05) is 6.07 Å². The molecular formula is C16H23N3O2. The predicted octanol–water partition coefficient (Wildman–Crippen LogP) is 1.39. The van der Waals surface area contributed by atoms with Gasteiger partial charge in [0.05, 0.1) is 5.92 Å². The average molecular weight is 289 g/mol. The Morgan fingerprint density at radius 3 is 2.86 bits per heavy atom. The monoisotopic (exact) mass is 289 g/mol. The van der Waals surface area contributed by atoms with Gasteiger partial charge in [-0.15, -0.1) is 0 Å². The average Bonchev–Trinajstić information content (AvgIpc) is 2.68. The van der Waals surface area contributed by atoms with Crippen molar-refractivity contribution in [3.8, 4) is 0 Å². The Kier molecular flexibility index (Phi) is 4.60. The number of likely N-dealkylation sites (tertiary alicyclic amines) is 1. The van der Waals surface area contributed by atoms with Crippen molar-refractivity contribution in [2.45, 2.75) is 38.6 Å². The summed E-state index contributed by atoms with van der Waals surface area (Å²) < 4.78 is 0. The Morgan fingerprint density at radius 1 is 1.52 bits per heavy atom. The van der Waals surface area contributed by atoms with E-state index in [0.717, 1.165) is 12.8 Å². The fraction of sp³-hybridized carbons (Fsp3) is 0.562. The minimum absolute atomic E-state index is 0.0242. The highest BCUT2D eigenvalue weighted by Gasteiger charge is 2.47. The largest absolute Gasteiger partial charge is 0.356 e. The van der Waals surface area contributed by atoms with E-state index in [0.29, 0.717) is 13.0 Å². The summed E-state index contributed by atoms with van der Waals surface area (Å²) in [6, 6.07) is 3.94. The van der Waals surface area contributed by atoms with E-state index in [1.165, 1.54) is 5.56 Å². The number of pyridine rings is 1. The molecule has 2 heterocycles. The van der Waals surface area contributed by atoms with Crippen molar-refractivity contribution in [2.75, 3.05) is 13.6 Å². The first-order valence-electron chi connectivity index (χ1n) is 7.36. The van der Waals surface area contributed by atoms with Gasteiger partial charge >= 0.3 is 0 Å². The third-order valence-electron chi connectivity index (χ3n) is 4.45. The number of carbonyl (C=O) groups is 2. The number of nitrogens with one attached hydrogen (secondary N) is 1. The molecule has 0 saturated carbocycles. The molecule has 1 saturated heterocycles. The maximum atomic E-state index is 12.3. The molecule has 0 aromatic carbocycles. The van der Waals surface area contributed by atoms with Crippen LogP contribution in [0.1, 0.15) is 32.3 Å². The van der Waals surface area contributed by atoms with Gasteiger partial charge in [-0.2, -0.15) is 0 Å². The van der Waals surface area contributed by atoms with E-state index in [-0.39, 0.29) is 17.7 Å². The molecule has 1 atom stereocenters. The molecule has 5 heteroatoms. The van der Waals surface area contributed by atoms with E-state index in [4.69, 9.17) is 0 Å². The fourth-order valence-corrected chi connectivity index (χ4v) is 2.70. The van der Waals surface area contributed by atoms with E-state index in [2.05, 4.69) is 10.3 Å². The fourth-order valence-electron chi connectivity index (χ4n) is 2.70. The SMILES string of the molecule is CN1C(=O)C[C@@H](C(=O)NCCCc2cccnc2)C1(C)C. The summed E-state index contributed by atoms with van der Waals surface area (Å²) in [5.74, 6) is -0.257. The maximum absolute atomic E-state index is 12.3. The van der Waals surface area contributed by atoms with E-state index in [9.17, 15) is 9.59 Å². The van der Waals surface area contributed by atoms with Crippen LogP contribution >= 0.6 is 0 Å². The highest BCUT2D eigenvalue weighted by molar-refractivity contribution is 5.90. The van der Waals surface area contributed by atoms with Gasteiger partial charge in [0.25, 0.3) is 0 Å². The Labute approximate surface area is 125 Å². The molecule has 0 bridgehead atoms. The van der Waals surface area contributed by atoms with Crippen molar-refractivity contribution in [3.05, 3.63) is 30.1 Å². The lowest BCUT2D eigenvalue weighted by molar-refractivity contribution is -0.128. The van der Waals surface area contributed by atoms with Crippen LogP contribution in [-0.4, -0.2) is 40.8 Å². The molecule has 21 heavy (non-hydrogen) atoms. The number of carbonyl (C=O) groups excluding carboxylic acids is 2. The number of hydrogen-bond acceptors (Lipinski definition) is 3. The lowest BCUT2D eigenvalue weighted by Gasteiger charge is -2.32. The van der Waals surface area contributed by atoms with Crippen LogP contribution in [-0.2, 0) is 16.0 Å².